The van der Waals surface area contributed by atoms with E-state index in [4.69, 9.17) is 10.5 Å². The Morgan fingerprint density at radius 3 is 2.57 bits per heavy atom. The minimum absolute atomic E-state index is 0.130. The minimum atomic E-state index is -2.95. The number of hydrogen-bond donors (Lipinski definition) is 1. The highest BCUT2D eigenvalue weighted by molar-refractivity contribution is 7.90. The quantitative estimate of drug-likeness (QED) is 0.833. The van der Waals surface area contributed by atoms with Crippen LogP contribution in [0.3, 0.4) is 0 Å². The molecule has 1 atom stereocenters. The molecule has 21 heavy (non-hydrogen) atoms. The number of sulfone groups is 1. The van der Waals surface area contributed by atoms with Gasteiger partial charge in [-0.25, -0.2) is 8.42 Å². The van der Waals surface area contributed by atoms with Crippen molar-refractivity contribution in [1.29, 1.82) is 0 Å². The molecular weight excluding hydrogens is 286 g/mol. The van der Waals surface area contributed by atoms with Gasteiger partial charge in [0.05, 0.1) is 12.4 Å². The largest absolute Gasteiger partial charge is 0.493 e. The van der Waals surface area contributed by atoms with Gasteiger partial charge in [0.2, 0.25) is 0 Å². The normalized spacial score (nSPS) is 13.3. The molecule has 2 N–H and O–H groups in total. The lowest BCUT2D eigenvalue weighted by Gasteiger charge is -2.16. The van der Waals surface area contributed by atoms with Crippen molar-refractivity contribution in [2.45, 2.75) is 19.4 Å². The first kappa shape index (κ1) is 15.8. The van der Waals surface area contributed by atoms with E-state index in [9.17, 15) is 8.42 Å². The van der Waals surface area contributed by atoms with Crippen LogP contribution in [0, 0.1) is 0 Å². The summed E-state index contributed by atoms with van der Waals surface area (Å²) in [5, 5.41) is 2.09. The van der Waals surface area contributed by atoms with Crippen molar-refractivity contribution in [3.8, 4) is 5.75 Å². The summed E-state index contributed by atoms with van der Waals surface area (Å²) >= 11 is 0. The summed E-state index contributed by atoms with van der Waals surface area (Å²) in [6, 6.07) is 11.8. The van der Waals surface area contributed by atoms with E-state index in [1.165, 1.54) is 6.26 Å². The number of fused-ring (bicyclic) bond motifs is 1. The lowest BCUT2D eigenvalue weighted by molar-refractivity contribution is 0.317. The summed E-state index contributed by atoms with van der Waals surface area (Å²) in [4.78, 5) is 0. The van der Waals surface area contributed by atoms with E-state index in [2.05, 4.69) is 0 Å². The molecule has 0 radical (unpaired) electrons. The van der Waals surface area contributed by atoms with Gasteiger partial charge in [-0.2, -0.15) is 0 Å². The monoisotopic (exact) mass is 307 g/mol. The predicted molar refractivity (Wildman–Crippen MR) is 86.4 cm³/mol. The molecule has 114 valence electrons. The van der Waals surface area contributed by atoms with Gasteiger partial charge in [0.1, 0.15) is 15.6 Å². The van der Waals surface area contributed by atoms with E-state index in [1.807, 2.05) is 43.3 Å². The third-order valence-electron chi connectivity index (χ3n) is 3.31. The minimum Gasteiger partial charge on any atom is -0.493 e. The molecule has 4 nitrogen and oxygen atoms in total. The third kappa shape index (κ3) is 4.19. The average molecular weight is 307 g/mol. The Hall–Kier alpha value is -1.59. The number of rotatable bonds is 6. The fraction of sp³-hybridized carbons (Fsp3) is 0.375. The van der Waals surface area contributed by atoms with Gasteiger partial charge in [-0.1, -0.05) is 36.4 Å². The van der Waals surface area contributed by atoms with Crippen molar-refractivity contribution in [3.63, 3.8) is 0 Å². The van der Waals surface area contributed by atoms with Crippen LogP contribution in [0.25, 0.3) is 10.8 Å². The van der Waals surface area contributed by atoms with Crippen LogP contribution < -0.4 is 10.5 Å². The zero-order chi connectivity index (χ0) is 15.5. The van der Waals surface area contributed by atoms with Crippen LogP contribution in [0.15, 0.2) is 36.4 Å². The second-order valence-electron chi connectivity index (χ2n) is 5.33. The molecule has 2 aromatic carbocycles. The lowest BCUT2D eigenvalue weighted by Crippen LogP contribution is -2.11. The molecule has 0 spiro atoms. The lowest BCUT2D eigenvalue weighted by atomic mass is 10.0. The maximum atomic E-state index is 11.2. The molecule has 0 saturated carbocycles. The fourth-order valence-electron chi connectivity index (χ4n) is 2.27. The number of ether oxygens (including phenoxy) is 1. The molecule has 0 aromatic heterocycles. The van der Waals surface area contributed by atoms with Gasteiger partial charge >= 0.3 is 0 Å². The maximum Gasteiger partial charge on any atom is 0.147 e. The van der Waals surface area contributed by atoms with E-state index in [1.54, 1.807) is 0 Å². The molecule has 0 heterocycles. The van der Waals surface area contributed by atoms with Crippen molar-refractivity contribution >= 4 is 20.6 Å². The Morgan fingerprint density at radius 1 is 1.19 bits per heavy atom. The molecule has 1 unspecified atom stereocenters. The van der Waals surface area contributed by atoms with Crippen LogP contribution in [-0.2, 0) is 9.84 Å². The Kier molecular flexibility index (Phi) is 4.85. The van der Waals surface area contributed by atoms with Gasteiger partial charge in [0, 0.05) is 23.2 Å². The average Bonchev–Trinajstić information content (AvgIpc) is 2.42. The Balaban J connectivity index is 2.25. The van der Waals surface area contributed by atoms with Gasteiger partial charge < -0.3 is 10.5 Å². The first-order chi connectivity index (χ1) is 9.88. The Labute approximate surface area is 125 Å². The maximum absolute atomic E-state index is 11.2. The fourth-order valence-corrected chi connectivity index (χ4v) is 2.92. The second kappa shape index (κ2) is 6.45. The summed E-state index contributed by atoms with van der Waals surface area (Å²) in [6.45, 7) is 2.27. The molecule has 0 amide bonds. The highest BCUT2D eigenvalue weighted by atomic mass is 32.2. The molecule has 0 aliphatic carbocycles. The molecular formula is C16H21NO3S. The van der Waals surface area contributed by atoms with Crippen molar-refractivity contribution in [3.05, 3.63) is 42.0 Å². The summed E-state index contributed by atoms with van der Waals surface area (Å²) in [6.07, 6.45) is 1.71. The zero-order valence-electron chi connectivity index (χ0n) is 12.4. The van der Waals surface area contributed by atoms with E-state index in [0.29, 0.717) is 13.0 Å². The molecule has 0 saturated heterocycles. The first-order valence-corrected chi connectivity index (χ1v) is 9.02. The standard InChI is InChI=1S/C16H21NO3S/c1-12(17)14-9-8-13-6-3-4-7-15(13)16(14)20-10-5-11-21(2,18)19/h3-4,6-9,12H,5,10-11,17H2,1-2H3. The number of benzene rings is 2. The van der Waals surface area contributed by atoms with E-state index < -0.39 is 9.84 Å². The molecule has 0 aliphatic rings. The van der Waals surface area contributed by atoms with E-state index in [0.717, 1.165) is 22.1 Å². The van der Waals surface area contributed by atoms with Crippen molar-refractivity contribution in [2.75, 3.05) is 18.6 Å². The molecule has 0 fully saturated rings. The molecule has 2 rings (SSSR count). The summed E-state index contributed by atoms with van der Waals surface area (Å²) in [5.41, 5.74) is 6.94. The van der Waals surface area contributed by atoms with Gasteiger partial charge in [0.25, 0.3) is 0 Å². The van der Waals surface area contributed by atoms with Crippen LogP contribution in [-0.4, -0.2) is 27.0 Å². The molecule has 2 aromatic rings. The molecule has 5 heteroatoms. The zero-order valence-corrected chi connectivity index (χ0v) is 13.2. The van der Waals surface area contributed by atoms with Gasteiger partial charge in [-0.05, 0) is 18.7 Å². The van der Waals surface area contributed by atoms with Crippen LogP contribution in [0.5, 0.6) is 5.75 Å². The highest BCUT2D eigenvalue weighted by Crippen LogP contribution is 2.33. The third-order valence-corrected chi connectivity index (χ3v) is 4.34. The topological polar surface area (TPSA) is 69.4 Å². The SMILES string of the molecule is CC(N)c1ccc2ccccc2c1OCCCS(C)(=O)=O. The molecule has 0 bridgehead atoms. The van der Waals surface area contributed by atoms with Gasteiger partial charge in [-0.15, -0.1) is 0 Å². The number of nitrogens with two attached hydrogens (primary N) is 1. The van der Waals surface area contributed by atoms with Crippen molar-refractivity contribution < 1.29 is 13.2 Å². The highest BCUT2D eigenvalue weighted by Gasteiger charge is 2.12. The van der Waals surface area contributed by atoms with Gasteiger partial charge in [0.15, 0.2) is 0 Å². The van der Waals surface area contributed by atoms with Gasteiger partial charge in [-0.3, -0.25) is 0 Å². The summed E-state index contributed by atoms with van der Waals surface area (Å²) < 4.78 is 28.2. The summed E-state index contributed by atoms with van der Waals surface area (Å²) in [5.74, 6) is 0.891. The van der Waals surface area contributed by atoms with E-state index >= 15 is 0 Å². The van der Waals surface area contributed by atoms with Crippen LogP contribution in [0.2, 0.25) is 0 Å². The van der Waals surface area contributed by atoms with E-state index in [-0.39, 0.29) is 11.8 Å². The summed E-state index contributed by atoms with van der Waals surface area (Å²) in [7, 11) is -2.95. The predicted octanol–water partition coefficient (Wildman–Crippen LogP) is 2.67. The van der Waals surface area contributed by atoms with Crippen LogP contribution in [0.4, 0.5) is 0 Å². The Morgan fingerprint density at radius 2 is 1.90 bits per heavy atom. The van der Waals surface area contributed by atoms with Crippen molar-refractivity contribution in [1.82, 2.24) is 0 Å². The van der Waals surface area contributed by atoms with Crippen molar-refractivity contribution in [2.24, 2.45) is 5.73 Å². The smallest absolute Gasteiger partial charge is 0.147 e. The first-order valence-electron chi connectivity index (χ1n) is 6.96. The number of hydrogen-bond acceptors (Lipinski definition) is 4. The van der Waals surface area contributed by atoms with Crippen LogP contribution in [0.1, 0.15) is 24.9 Å². The Bertz CT molecular complexity index is 723. The second-order valence-corrected chi connectivity index (χ2v) is 7.59. The van der Waals surface area contributed by atoms with Crippen LogP contribution >= 0.6 is 0 Å². The molecule has 0 aliphatic heterocycles.